The highest BCUT2D eigenvalue weighted by Crippen LogP contribution is 2.37. The predicted molar refractivity (Wildman–Crippen MR) is 189 cm³/mol. The molecule has 0 saturated carbocycles. The van der Waals surface area contributed by atoms with Crippen LogP contribution in [0.3, 0.4) is 0 Å². The van der Waals surface area contributed by atoms with Crippen molar-refractivity contribution in [3.05, 3.63) is 103 Å². The third-order valence-corrected chi connectivity index (χ3v) is 9.56. The Morgan fingerprint density at radius 2 is 1.47 bits per heavy atom. The summed E-state index contributed by atoms with van der Waals surface area (Å²) in [7, 11) is 3.34. The Balaban J connectivity index is 2.08. The van der Waals surface area contributed by atoms with E-state index >= 15 is 0 Å². The van der Waals surface area contributed by atoms with E-state index in [-0.39, 0.29) is 22.6 Å². The van der Waals surface area contributed by atoms with E-state index in [1.54, 1.807) is 46.1 Å². The van der Waals surface area contributed by atoms with Gasteiger partial charge in [0.1, 0.15) is 0 Å². The van der Waals surface area contributed by atoms with Crippen LogP contribution in [-0.4, -0.2) is 46.4 Å². The van der Waals surface area contributed by atoms with Gasteiger partial charge in [0.05, 0.1) is 11.6 Å². The average Bonchev–Trinajstić information content (AvgIpc) is 3.01. The summed E-state index contributed by atoms with van der Waals surface area (Å²) >= 11 is 0. The first-order valence-corrected chi connectivity index (χ1v) is 17.6. The molecule has 0 aliphatic heterocycles. The number of carbonyl (C=O) groups excluding carboxylic acids is 2. The number of allylic oxidation sites excluding steroid dienone is 12. The summed E-state index contributed by atoms with van der Waals surface area (Å²) in [6.07, 6.45) is 36.4. The van der Waals surface area contributed by atoms with Gasteiger partial charge in [-0.2, -0.15) is 0 Å². The fraction of sp³-hybridized carbons (Fsp3) is 0.457. The van der Waals surface area contributed by atoms with Crippen molar-refractivity contribution in [1.29, 1.82) is 0 Å². The molecule has 0 fully saturated rings. The summed E-state index contributed by atoms with van der Waals surface area (Å²) < 4.78 is -0.280. The lowest BCUT2D eigenvalue weighted by Gasteiger charge is -2.33. The summed E-state index contributed by atoms with van der Waals surface area (Å²) in [5.41, 5.74) is 6.49. The molecule has 0 aliphatic rings. The lowest BCUT2D eigenvalue weighted by atomic mass is 10.0. The normalized spacial score (nSPS) is 13.4. The highest BCUT2D eigenvalue weighted by molar-refractivity contribution is 8.77. The highest BCUT2D eigenvalue weighted by Gasteiger charge is 2.31. The van der Waals surface area contributed by atoms with Crippen molar-refractivity contribution in [2.75, 3.05) is 18.8 Å². The van der Waals surface area contributed by atoms with Crippen molar-refractivity contribution in [2.45, 2.75) is 82.9 Å². The monoisotopic (exact) mass is 624 g/mol. The molecule has 43 heavy (non-hydrogen) atoms. The van der Waals surface area contributed by atoms with Crippen LogP contribution in [0.15, 0.2) is 97.4 Å². The Hall–Kier alpha value is -2.81. The number of nitrogens with zero attached hydrogens (tertiary/aromatic N) is 1. The lowest BCUT2D eigenvalue weighted by Crippen LogP contribution is -2.51. The zero-order chi connectivity index (χ0) is 31.4. The number of carbonyl (C=O) groups is 2. The van der Waals surface area contributed by atoms with Crippen molar-refractivity contribution >= 4 is 33.4 Å². The van der Waals surface area contributed by atoms with Crippen molar-refractivity contribution in [2.24, 2.45) is 5.73 Å². The Labute approximate surface area is 268 Å². The zero-order valence-electron chi connectivity index (χ0n) is 26.3. The van der Waals surface area contributed by atoms with Crippen LogP contribution in [0.1, 0.15) is 82.5 Å². The molecule has 236 valence electrons. The maximum Gasteiger partial charge on any atom is 0.253 e. The summed E-state index contributed by atoms with van der Waals surface area (Å²) in [5.74, 6) is 0.655. The predicted octanol–water partition coefficient (Wildman–Crippen LogP) is 7.89. The minimum atomic E-state index is -0.280. The summed E-state index contributed by atoms with van der Waals surface area (Å²) in [6, 6.07) is 3.27. The standard InChI is InChI=1S/C35H52N4O2S2/c1-4-5-6-7-8-9-10-11-12-13-14-15-16-17-18-19-20-21-22-25-33(40)38-27-28-42-43-35(2,3)32(29-36)39-34(41)31-24-23-26-37-30-31/h5-6,8-9,11-12,14-15,17-18,20-21,23-24,26,30,32H,4,7,10,13,16,19,22,25,27-29,36H2,1-3H3,(H,38,40)(H,39,41)/b6-5-,9-8-,12-11-,15-14-,18-17-,21-20-/t32-/m1/s1. The smallest absolute Gasteiger partial charge is 0.253 e. The van der Waals surface area contributed by atoms with Gasteiger partial charge in [0, 0.05) is 42.4 Å². The first kappa shape index (κ1) is 38.2. The molecular formula is C35H52N4O2S2. The summed E-state index contributed by atoms with van der Waals surface area (Å²) in [5, 5.41) is 6.01. The second-order valence-electron chi connectivity index (χ2n) is 10.3. The Bertz CT molecular complexity index is 1060. The van der Waals surface area contributed by atoms with Gasteiger partial charge in [-0.05, 0) is 70.9 Å². The largest absolute Gasteiger partial charge is 0.355 e. The van der Waals surface area contributed by atoms with Crippen molar-refractivity contribution in [3.8, 4) is 0 Å². The Kier molecular flexibility index (Phi) is 22.8. The van der Waals surface area contributed by atoms with Gasteiger partial charge < -0.3 is 16.4 Å². The van der Waals surface area contributed by atoms with E-state index in [2.05, 4.69) is 109 Å². The minimum absolute atomic E-state index is 0.0629. The molecule has 1 aromatic rings. The highest BCUT2D eigenvalue weighted by atomic mass is 33.1. The molecule has 0 aromatic carbocycles. The Morgan fingerprint density at radius 1 is 0.907 bits per heavy atom. The van der Waals surface area contributed by atoms with E-state index < -0.39 is 0 Å². The van der Waals surface area contributed by atoms with Crippen LogP contribution in [0.4, 0.5) is 0 Å². The molecule has 0 saturated heterocycles. The number of nitrogens with two attached hydrogens (primary N) is 1. The molecular weight excluding hydrogens is 573 g/mol. The zero-order valence-corrected chi connectivity index (χ0v) is 27.9. The SMILES string of the molecule is CC/C=C\C/C=C\C/C=C\C/C=C\C/C=C\C/C=C\CCC(=O)NCCSSC(C)(C)[C@@H](CN)NC(=O)c1cccnc1. The van der Waals surface area contributed by atoms with Gasteiger partial charge in [-0.3, -0.25) is 14.6 Å². The lowest BCUT2D eigenvalue weighted by molar-refractivity contribution is -0.120. The van der Waals surface area contributed by atoms with E-state index in [4.69, 9.17) is 5.73 Å². The summed E-state index contributed by atoms with van der Waals surface area (Å²) in [6.45, 7) is 7.22. The van der Waals surface area contributed by atoms with Crippen LogP contribution in [-0.2, 0) is 4.79 Å². The van der Waals surface area contributed by atoms with E-state index in [1.807, 2.05) is 0 Å². The van der Waals surface area contributed by atoms with Gasteiger partial charge in [0.15, 0.2) is 0 Å². The van der Waals surface area contributed by atoms with E-state index in [0.717, 1.165) is 50.7 Å². The maximum atomic E-state index is 12.5. The third kappa shape index (κ3) is 20.7. The third-order valence-electron chi connectivity index (χ3n) is 6.22. The minimum Gasteiger partial charge on any atom is -0.355 e. The van der Waals surface area contributed by atoms with Crippen LogP contribution in [0.5, 0.6) is 0 Å². The van der Waals surface area contributed by atoms with E-state index in [1.165, 1.54) is 0 Å². The van der Waals surface area contributed by atoms with Crippen molar-refractivity contribution < 1.29 is 9.59 Å². The van der Waals surface area contributed by atoms with Gasteiger partial charge in [0.2, 0.25) is 5.91 Å². The molecule has 0 aliphatic carbocycles. The van der Waals surface area contributed by atoms with Gasteiger partial charge in [0.25, 0.3) is 5.91 Å². The molecule has 0 radical (unpaired) electrons. The second-order valence-corrected chi connectivity index (χ2v) is 13.4. The molecule has 0 bridgehead atoms. The van der Waals surface area contributed by atoms with Crippen molar-refractivity contribution in [1.82, 2.24) is 15.6 Å². The fourth-order valence-corrected chi connectivity index (χ4v) is 6.28. The molecule has 0 spiro atoms. The van der Waals surface area contributed by atoms with Crippen LogP contribution in [0, 0.1) is 0 Å². The van der Waals surface area contributed by atoms with Gasteiger partial charge in [-0.25, -0.2) is 0 Å². The molecule has 4 N–H and O–H groups in total. The number of rotatable bonds is 23. The molecule has 1 rings (SSSR count). The number of pyridine rings is 1. The topological polar surface area (TPSA) is 97.1 Å². The number of aromatic nitrogens is 1. The van der Waals surface area contributed by atoms with E-state index in [9.17, 15) is 9.59 Å². The first-order valence-electron chi connectivity index (χ1n) is 15.3. The van der Waals surface area contributed by atoms with Crippen LogP contribution >= 0.6 is 21.6 Å². The molecule has 1 heterocycles. The number of hydrogen-bond acceptors (Lipinski definition) is 6. The molecule has 1 aromatic heterocycles. The Morgan fingerprint density at radius 3 is 1.98 bits per heavy atom. The van der Waals surface area contributed by atoms with Gasteiger partial charge in [-0.15, -0.1) is 0 Å². The molecule has 6 nitrogen and oxygen atoms in total. The van der Waals surface area contributed by atoms with Crippen LogP contribution in [0.2, 0.25) is 0 Å². The number of nitrogens with one attached hydrogen (secondary N) is 2. The van der Waals surface area contributed by atoms with Crippen molar-refractivity contribution in [3.63, 3.8) is 0 Å². The van der Waals surface area contributed by atoms with Crippen LogP contribution in [0.25, 0.3) is 0 Å². The number of hydrogen-bond donors (Lipinski definition) is 3. The number of amides is 2. The molecule has 1 atom stereocenters. The molecule has 0 unspecified atom stereocenters. The van der Waals surface area contributed by atoms with Gasteiger partial charge >= 0.3 is 0 Å². The summed E-state index contributed by atoms with van der Waals surface area (Å²) in [4.78, 5) is 28.6. The molecule has 2 amide bonds. The fourth-order valence-electron chi connectivity index (χ4n) is 3.68. The maximum absolute atomic E-state index is 12.5. The van der Waals surface area contributed by atoms with E-state index in [0.29, 0.717) is 25.1 Å². The van der Waals surface area contributed by atoms with Crippen LogP contribution < -0.4 is 16.4 Å². The quantitative estimate of drug-likeness (QED) is 0.0651. The molecule has 8 heteroatoms. The first-order chi connectivity index (χ1) is 20.9. The average molecular weight is 625 g/mol. The van der Waals surface area contributed by atoms with Gasteiger partial charge in [-0.1, -0.05) is 101 Å². The second kappa shape index (κ2) is 25.7.